The van der Waals surface area contributed by atoms with Crippen LogP contribution < -0.4 is 5.84 Å². The number of benzene rings is 1. The van der Waals surface area contributed by atoms with Gasteiger partial charge in [-0.25, -0.2) is 9.47 Å². The molecular formula is C14H17N5O4S. The number of carbonyl (C=O) groups is 1. The van der Waals surface area contributed by atoms with Gasteiger partial charge < -0.3 is 10.6 Å². The number of aromatic nitrogens is 3. The Morgan fingerprint density at radius 2 is 2.17 bits per heavy atom. The van der Waals surface area contributed by atoms with Crippen LogP contribution in [0, 0.1) is 10.1 Å². The molecule has 0 amide bonds. The van der Waals surface area contributed by atoms with Crippen molar-refractivity contribution in [3.05, 3.63) is 39.7 Å². The number of nitrogen functional groups attached to an aromatic ring is 1. The van der Waals surface area contributed by atoms with Gasteiger partial charge in [-0.2, -0.15) is 0 Å². The molecule has 0 aliphatic carbocycles. The van der Waals surface area contributed by atoms with Crippen LogP contribution in [0.15, 0.2) is 28.3 Å². The summed E-state index contributed by atoms with van der Waals surface area (Å²) >= 11 is 1.01. The number of hydrogen-bond donors (Lipinski definition) is 1. The maximum Gasteiger partial charge on any atom is 0.338 e. The number of rotatable bonds is 6. The zero-order valence-electron chi connectivity index (χ0n) is 13.4. The van der Waals surface area contributed by atoms with Crippen LogP contribution in [0.2, 0.25) is 0 Å². The summed E-state index contributed by atoms with van der Waals surface area (Å²) in [7, 11) is 0. The Morgan fingerprint density at radius 1 is 1.46 bits per heavy atom. The first-order valence-electron chi connectivity index (χ1n) is 7.20. The van der Waals surface area contributed by atoms with Crippen LogP contribution in [0.3, 0.4) is 0 Å². The summed E-state index contributed by atoms with van der Waals surface area (Å²) < 4.78 is 6.34. The van der Waals surface area contributed by atoms with Crippen molar-refractivity contribution >= 4 is 23.4 Å². The lowest BCUT2D eigenvalue weighted by Gasteiger charge is -2.09. The number of nitro benzene ring substituents is 1. The van der Waals surface area contributed by atoms with Gasteiger partial charge in [0.15, 0.2) is 5.82 Å². The molecule has 2 rings (SSSR count). The molecule has 1 heterocycles. The van der Waals surface area contributed by atoms with Gasteiger partial charge in [-0.05, 0) is 37.7 Å². The molecular weight excluding hydrogens is 334 g/mol. The summed E-state index contributed by atoms with van der Waals surface area (Å²) in [4.78, 5) is 23.0. The fraction of sp³-hybridized carbons (Fsp3) is 0.357. The Morgan fingerprint density at radius 3 is 2.71 bits per heavy atom. The molecule has 0 fully saturated rings. The van der Waals surface area contributed by atoms with E-state index in [4.69, 9.17) is 10.6 Å². The van der Waals surface area contributed by atoms with Gasteiger partial charge in [0.05, 0.1) is 21.5 Å². The monoisotopic (exact) mass is 351 g/mol. The Bertz CT molecular complexity index is 775. The quantitative estimate of drug-likeness (QED) is 0.363. The van der Waals surface area contributed by atoms with E-state index in [2.05, 4.69) is 10.2 Å². The highest BCUT2D eigenvalue weighted by Crippen LogP contribution is 2.34. The van der Waals surface area contributed by atoms with Gasteiger partial charge in [-0.3, -0.25) is 10.1 Å². The van der Waals surface area contributed by atoms with Gasteiger partial charge in [0.25, 0.3) is 5.69 Å². The van der Waals surface area contributed by atoms with E-state index in [0.717, 1.165) is 11.8 Å². The highest BCUT2D eigenvalue weighted by Gasteiger charge is 2.21. The second kappa shape index (κ2) is 7.30. The van der Waals surface area contributed by atoms with Crippen molar-refractivity contribution in [2.45, 2.75) is 43.3 Å². The predicted octanol–water partition coefficient (Wildman–Crippen LogP) is 2.18. The molecule has 0 bridgehead atoms. The van der Waals surface area contributed by atoms with Crippen molar-refractivity contribution in [3.8, 4) is 0 Å². The van der Waals surface area contributed by atoms with Crippen LogP contribution in [0.25, 0.3) is 0 Å². The molecule has 0 unspecified atom stereocenters. The van der Waals surface area contributed by atoms with E-state index in [1.807, 2.05) is 6.92 Å². The van der Waals surface area contributed by atoms with E-state index < -0.39 is 10.9 Å². The SMILES string of the molecule is CCc1nnc(Sc2ccc(C(=O)OC(C)C)cc2[N+](=O)[O-])n1N. The average Bonchev–Trinajstić information content (AvgIpc) is 2.87. The first-order valence-corrected chi connectivity index (χ1v) is 8.01. The Labute approximate surface area is 142 Å². The lowest BCUT2D eigenvalue weighted by atomic mass is 10.2. The Balaban J connectivity index is 2.34. The van der Waals surface area contributed by atoms with Gasteiger partial charge in [-0.1, -0.05) is 6.92 Å². The summed E-state index contributed by atoms with van der Waals surface area (Å²) in [5, 5.41) is 19.5. The number of aryl methyl sites for hydroxylation is 1. The third kappa shape index (κ3) is 3.82. The van der Waals surface area contributed by atoms with Gasteiger partial charge in [0.1, 0.15) is 0 Å². The van der Waals surface area contributed by atoms with Crippen molar-refractivity contribution in [1.82, 2.24) is 14.9 Å². The van der Waals surface area contributed by atoms with Crippen molar-refractivity contribution in [2.24, 2.45) is 0 Å². The van der Waals surface area contributed by atoms with E-state index in [1.54, 1.807) is 13.8 Å². The molecule has 1 aromatic carbocycles. The summed E-state index contributed by atoms with van der Waals surface area (Å²) in [6.45, 7) is 5.28. The molecule has 0 aliphatic rings. The minimum atomic E-state index is -0.611. The smallest absolute Gasteiger partial charge is 0.338 e. The number of carbonyl (C=O) groups excluding carboxylic acids is 1. The molecule has 9 nitrogen and oxygen atoms in total. The number of ether oxygens (including phenoxy) is 1. The minimum absolute atomic E-state index is 0.114. The number of nitrogens with zero attached hydrogens (tertiary/aromatic N) is 4. The second-order valence-corrected chi connectivity index (χ2v) is 6.13. The fourth-order valence-corrected chi connectivity index (χ4v) is 2.73. The summed E-state index contributed by atoms with van der Waals surface area (Å²) in [6, 6.07) is 4.13. The Hall–Kier alpha value is -2.62. The second-order valence-electron chi connectivity index (χ2n) is 5.12. The van der Waals surface area contributed by atoms with E-state index >= 15 is 0 Å². The maximum absolute atomic E-state index is 11.9. The van der Waals surface area contributed by atoms with Crippen molar-refractivity contribution < 1.29 is 14.5 Å². The molecule has 0 spiro atoms. The zero-order chi connectivity index (χ0) is 17.9. The van der Waals surface area contributed by atoms with E-state index in [-0.39, 0.29) is 17.4 Å². The van der Waals surface area contributed by atoms with Gasteiger partial charge in [-0.15, -0.1) is 10.2 Å². The largest absolute Gasteiger partial charge is 0.459 e. The molecule has 0 radical (unpaired) electrons. The molecule has 0 atom stereocenters. The third-order valence-electron chi connectivity index (χ3n) is 2.99. The van der Waals surface area contributed by atoms with Crippen molar-refractivity contribution in [2.75, 3.05) is 5.84 Å². The van der Waals surface area contributed by atoms with Crippen molar-refractivity contribution in [3.63, 3.8) is 0 Å². The van der Waals surface area contributed by atoms with E-state index in [1.165, 1.54) is 22.9 Å². The highest BCUT2D eigenvalue weighted by molar-refractivity contribution is 7.99. The number of esters is 1. The summed E-state index contributed by atoms with van der Waals surface area (Å²) in [5.41, 5.74) is -0.109. The van der Waals surface area contributed by atoms with Crippen LogP contribution in [0.4, 0.5) is 5.69 Å². The fourth-order valence-electron chi connectivity index (χ4n) is 1.87. The summed E-state index contributed by atoms with van der Waals surface area (Å²) in [6.07, 6.45) is 0.278. The standard InChI is InChI=1S/C14H17N5O4S/c1-4-12-16-17-14(18(12)15)24-11-6-5-9(7-10(11)19(21)22)13(20)23-8(2)3/h5-8H,4,15H2,1-3H3. The number of nitrogens with two attached hydrogens (primary N) is 1. The molecule has 24 heavy (non-hydrogen) atoms. The Kier molecular flexibility index (Phi) is 5.39. The normalized spacial score (nSPS) is 10.8. The van der Waals surface area contributed by atoms with Crippen LogP contribution in [-0.4, -0.2) is 31.9 Å². The van der Waals surface area contributed by atoms with Crippen LogP contribution in [-0.2, 0) is 11.2 Å². The molecule has 0 saturated heterocycles. The number of hydrogen-bond acceptors (Lipinski definition) is 8. The lowest BCUT2D eigenvalue weighted by molar-refractivity contribution is -0.387. The van der Waals surface area contributed by atoms with Gasteiger partial charge in [0, 0.05) is 12.5 Å². The van der Waals surface area contributed by atoms with Crippen LogP contribution in [0.5, 0.6) is 0 Å². The molecule has 1 aromatic heterocycles. The first-order chi connectivity index (χ1) is 11.3. The molecule has 128 valence electrons. The topological polar surface area (TPSA) is 126 Å². The molecule has 0 saturated carbocycles. The highest BCUT2D eigenvalue weighted by atomic mass is 32.2. The minimum Gasteiger partial charge on any atom is -0.459 e. The predicted molar refractivity (Wildman–Crippen MR) is 87.3 cm³/mol. The number of nitro groups is 1. The average molecular weight is 351 g/mol. The third-order valence-corrected chi connectivity index (χ3v) is 4.01. The molecule has 2 N–H and O–H groups in total. The summed E-state index contributed by atoms with van der Waals surface area (Å²) in [5.74, 6) is 5.80. The van der Waals surface area contributed by atoms with Gasteiger partial charge >= 0.3 is 5.97 Å². The molecule has 0 aliphatic heterocycles. The molecule has 10 heteroatoms. The maximum atomic E-state index is 11.9. The zero-order valence-corrected chi connectivity index (χ0v) is 14.2. The van der Waals surface area contributed by atoms with Gasteiger partial charge in [0.2, 0.25) is 5.16 Å². The first kappa shape index (κ1) is 17.7. The van der Waals surface area contributed by atoms with Crippen molar-refractivity contribution in [1.29, 1.82) is 0 Å². The van der Waals surface area contributed by atoms with Crippen LogP contribution >= 0.6 is 11.8 Å². The molecule has 2 aromatic rings. The lowest BCUT2D eigenvalue weighted by Crippen LogP contribution is -2.13. The van der Waals surface area contributed by atoms with E-state index in [0.29, 0.717) is 22.3 Å². The van der Waals surface area contributed by atoms with E-state index in [9.17, 15) is 14.9 Å². The van der Waals surface area contributed by atoms with Crippen LogP contribution in [0.1, 0.15) is 37.0 Å².